The van der Waals surface area contributed by atoms with Gasteiger partial charge in [0.05, 0.1) is 15.5 Å². The van der Waals surface area contributed by atoms with Crippen LogP contribution in [0.15, 0.2) is 42.5 Å². The van der Waals surface area contributed by atoms with Gasteiger partial charge in [-0.3, -0.25) is 14.9 Å². The summed E-state index contributed by atoms with van der Waals surface area (Å²) in [7, 11) is 0. The van der Waals surface area contributed by atoms with E-state index in [1.165, 1.54) is 30.3 Å². The van der Waals surface area contributed by atoms with Crippen LogP contribution < -0.4 is 5.32 Å². The SMILES string of the molecule is O=C(NCC1(c2ccc(F)cc2)CCCC1)c1ccc([N+](=O)[O-])cc1Cl. The lowest BCUT2D eigenvalue weighted by Gasteiger charge is -2.30. The molecule has 1 fully saturated rings. The van der Waals surface area contributed by atoms with Crippen molar-refractivity contribution < 1.29 is 14.1 Å². The number of rotatable bonds is 5. The minimum absolute atomic E-state index is 0.0407. The van der Waals surface area contributed by atoms with E-state index in [0.29, 0.717) is 6.54 Å². The molecule has 0 heterocycles. The zero-order chi connectivity index (χ0) is 18.7. The van der Waals surface area contributed by atoms with Crippen LogP contribution in [0.3, 0.4) is 0 Å². The van der Waals surface area contributed by atoms with E-state index in [9.17, 15) is 19.3 Å². The summed E-state index contributed by atoms with van der Waals surface area (Å²) in [6.07, 6.45) is 3.91. The number of carbonyl (C=O) groups excluding carboxylic acids is 1. The predicted octanol–water partition coefficient (Wildman–Crippen LogP) is 4.63. The Bertz CT molecular complexity index is 833. The van der Waals surface area contributed by atoms with Crippen LogP contribution in [0.25, 0.3) is 0 Å². The molecule has 0 spiro atoms. The smallest absolute Gasteiger partial charge is 0.270 e. The van der Waals surface area contributed by atoms with Crippen molar-refractivity contribution >= 4 is 23.2 Å². The molecule has 136 valence electrons. The van der Waals surface area contributed by atoms with Gasteiger partial charge in [0.2, 0.25) is 0 Å². The third-order valence-electron chi connectivity index (χ3n) is 5.01. The van der Waals surface area contributed by atoms with E-state index in [-0.39, 0.29) is 33.4 Å². The van der Waals surface area contributed by atoms with Crippen molar-refractivity contribution in [2.24, 2.45) is 0 Å². The maximum atomic E-state index is 13.2. The van der Waals surface area contributed by atoms with Crippen LogP contribution in [0.5, 0.6) is 0 Å². The molecule has 1 aliphatic rings. The molecule has 0 unspecified atom stereocenters. The molecule has 3 rings (SSSR count). The van der Waals surface area contributed by atoms with Crippen molar-refractivity contribution in [1.82, 2.24) is 5.32 Å². The second kappa shape index (κ2) is 7.41. The third kappa shape index (κ3) is 3.70. The van der Waals surface area contributed by atoms with Gasteiger partial charge in [0, 0.05) is 24.1 Å². The van der Waals surface area contributed by atoms with Crippen molar-refractivity contribution in [3.63, 3.8) is 0 Å². The van der Waals surface area contributed by atoms with Gasteiger partial charge in [-0.25, -0.2) is 4.39 Å². The fourth-order valence-corrected chi connectivity index (χ4v) is 3.83. The molecular formula is C19H18ClFN2O3. The highest BCUT2D eigenvalue weighted by molar-refractivity contribution is 6.34. The van der Waals surface area contributed by atoms with Gasteiger partial charge in [-0.1, -0.05) is 36.6 Å². The summed E-state index contributed by atoms with van der Waals surface area (Å²) in [5.41, 5.74) is 0.817. The normalized spacial score (nSPS) is 15.6. The van der Waals surface area contributed by atoms with E-state index < -0.39 is 4.92 Å². The number of halogens is 2. The van der Waals surface area contributed by atoms with Crippen LogP contribution in [-0.4, -0.2) is 17.4 Å². The van der Waals surface area contributed by atoms with Crippen LogP contribution in [-0.2, 0) is 5.41 Å². The molecular weight excluding hydrogens is 359 g/mol. The average Bonchev–Trinajstić information content (AvgIpc) is 3.10. The number of carbonyl (C=O) groups is 1. The first-order chi connectivity index (χ1) is 12.4. The van der Waals surface area contributed by atoms with E-state index in [4.69, 9.17) is 11.6 Å². The van der Waals surface area contributed by atoms with Crippen LogP contribution in [0.4, 0.5) is 10.1 Å². The molecule has 1 amide bonds. The minimum atomic E-state index is -0.560. The second-order valence-corrected chi connectivity index (χ2v) is 7.01. The molecule has 2 aromatic carbocycles. The van der Waals surface area contributed by atoms with Crippen molar-refractivity contribution in [1.29, 1.82) is 0 Å². The zero-order valence-electron chi connectivity index (χ0n) is 14.0. The maximum Gasteiger partial charge on any atom is 0.270 e. The summed E-state index contributed by atoms with van der Waals surface area (Å²) in [5.74, 6) is -0.665. The molecule has 7 heteroatoms. The third-order valence-corrected chi connectivity index (χ3v) is 5.33. The van der Waals surface area contributed by atoms with Crippen molar-refractivity contribution in [2.45, 2.75) is 31.1 Å². The molecule has 0 saturated heterocycles. The number of nitro benzene ring substituents is 1. The number of nitrogens with one attached hydrogen (secondary N) is 1. The zero-order valence-corrected chi connectivity index (χ0v) is 14.8. The van der Waals surface area contributed by atoms with E-state index in [1.807, 2.05) is 0 Å². The monoisotopic (exact) mass is 376 g/mol. The summed E-state index contributed by atoms with van der Waals surface area (Å²) < 4.78 is 13.2. The molecule has 0 radical (unpaired) electrons. The first-order valence-electron chi connectivity index (χ1n) is 8.39. The van der Waals surface area contributed by atoms with Gasteiger partial charge < -0.3 is 5.32 Å². The highest BCUT2D eigenvalue weighted by Gasteiger charge is 2.36. The summed E-state index contributed by atoms with van der Waals surface area (Å²) in [5, 5.41) is 13.7. The van der Waals surface area contributed by atoms with Gasteiger partial charge in [0.1, 0.15) is 5.82 Å². The Kier molecular flexibility index (Phi) is 5.23. The summed E-state index contributed by atoms with van der Waals surface area (Å²) in [6.45, 7) is 0.408. The standard InChI is InChI=1S/C19H18ClFN2O3/c20-17-11-15(23(25)26)7-8-16(17)18(24)22-12-19(9-1-2-10-19)13-3-5-14(21)6-4-13/h3-8,11H,1-2,9-10,12H2,(H,22,24). The molecule has 2 aromatic rings. The van der Waals surface area contributed by atoms with Crippen molar-refractivity contribution in [3.05, 3.63) is 74.5 Å². The number of nitrogens with zero attached hydrogens (tertiary/aromatic N) is 1. The Morgan fingerprint density at radius 3 is 2.42 bits per heavy atom. The first-order valence-corrected chi connectivity index (χ1v) is 8.77. The Morgan fingerprint density at radius 2 is 1.85 bits per heavy atom. The van der Waals surface area contributed by atoms with Crippen LogP contribution in [0, 0.1) is 15.9 Å². The summed E-state index contributed by atoms with van der Waals surface area (Å²) >= 11 is 6.03. The average molecular weight is 377 g/mol. The van der Waals surface area contributed by atoms with Gasteiger partial charge in [0.15, 0.2) is 0 Å². The molecule has 1 saturated carbocycles. The van der Waals surface area contributed by atoms with Crippen molar-refractivity contribution in [2.75, 3.05) is 6.54 Å². The Balaban J connectivity index is 1.76. The Morgan fingerprint density at radius 1 is 1.19 bits per heavy atom. The van der Waals surface area contributed by atoms with E-state index in [0.717, 1.165) is 31.2 Å². The molecule has 0 aromatic heterocycles. The Hall–Kier alpha value is -2.47. The molecule has 26 heavy (non-hydrogen) atoms. The molecule has 0 bridgehead atoms. The lowest BCUT2D eigenvalue weighted by molar-refractivity contribution is -0.384. The number of benzene rings is 2. The highest BCUT2D eigenvalue weighted by Crippen LogP contribution is 2.40. The van der Waals surface area contributed by atoms with Crippen LogP contribution in [0.2, 0.25) is 5.02 Å². The molecule has 1 aliphatic carbocycles. The van der Waals surface area contributed by atoms with E-state index in [2.05, 4.69) is 5.32 Å². The minimum Gasteiger partial charge on any atom is -0.351 e. The van der Waals surface area contributed by atoms with Gasteiger partial charge in [-0.2, -0.15) is 0 Å². The van der Waals surface area contributed by atoms with Crippen LogP contribution in [0.1, 0.15) is 41.6 Å². The summed E-state index contributed by atoms with van der Waals surface area (Å²) in [4.78, 5) is 22.7. The topological polar surface area (TPSA) is 72.2 Å². The highest BCUT2D eigenvalue weighted by atomic mass is 35.5. The number of hydrogen-bond acceptors (Lipinski definition) is 3. The summed E-state index contributed by atoms with van der Waals surface area (Å²) in [6, 6.07) is 10.2. The number of nitro groups is 1. The molecule has 0 aliphatic heterocycles. The number of non-ortho nitro benzene ring substituents is 1. The fourth-order valence-electron chi connectivity index (χ4n) is 3.57. The lowest BCUT2D eigenvalue weighted by atomic mass is 9.78. The van der Waals surface area contributed by atoms with E-state index >= 15 is 0 Å². The van der Waals surface area contributed by atoms with Gasteiger partial charge in [-0.05, 0) is 36.6 Å². The lowest BCUT2D eigenvalue weighted by Crippen LogP contribution is -2.39. The number of hydrogen-bond donors (Lipinski definition) is 1. The maximum absolute atomic E-state index is 13.2. The number of amides is 1. The molecule has 5 nitrogen and oxygen atoms in total. The largest absolute Gasteiger partial charge is 0.351 e. The second-order valence-electron chi connectivity index (χ2n) is 6.60. The first kappa shape index (κ1) is 18.3. The van der Waals surface area contributed by atoms with Crippen LogP contribution >= 0.6 is 11.6 Å². The Labute approximate surface area is 155 Å². The fraction of sp³-hybridized carbons (Fsp3) is 0.316. The van der Waals surface area contributed by atoms with Gasteiger partial charge in [0.25, 0.3) is 11.6 Å². The molecule has 1 N–H and O–H groups in total. The predicted molar refractivity (Wildman–Crippen MR) is 97.0 cm³/mol. The van der Waals surface area contributed by atoms with Gasteiger partial charge >= 0.3 is 0 Å². The van der Waals surface area contributed by atoms with Crippen molar-refractivity contribution in [3.8, 4) is 0 Å². The quantitative estimate of drug-likeness (QED) is 0.610. The molecule has 0 atom stereocenters. The van der Waals surface area contributed by atoms with E-state index in [1.54, 1.807) is 12.1 Å². The van der Waals surface area contributed by atoms with Gasteiger partial charge in [-0.15, -0.1) is 0 Å².